The first-order valence-electron chi connectivity index (χ1n) is 4.46. The van der Waals surface area contributed by atoms with Crippen LogP contribution in [0.15, 0.2) is 30.3 Å². The molecule has 90 valence electrons. The Labute approximate surface area is 98.4 Å². The van der Waals surface area contributed by atoms with Gasteiger partial charge < -0.3 is 11.1 Å². The van der Waals surface area contributed by atoms with Crippen molar-refractivity contribution >= 4 is 18.3 Å². The van der Waals surface area contributed by atoms with Gasteiger partial charge in [-0.1, -0.05) is 18.2 Å². The number of alkyl halides is 2. The molecule has 1 aromatic rings. The molecule has 0 aromatic heterocycles. The van der Waals surface area contributed by atoms with Gasteiger partial charge in [0.15, 0.2) is 0 Å². The van der Waals surface area contributed by atoms with Gasteiger partial charge in [-0.15, -0.1) is 12.4 Å². The highest BCUT2D eigenvalue weighted by molar-refractivity contribution is 5.94. The van der Waals surface area contributed by atoms with Crippen molar-refractivity contribution < 1.29 is 13.6 Å². The summed E-state index contributed by atoms with van der Waals surface area (Å²) in [6.07, 6.45) is 0. The first-order valence-corrected chi connectivity index (χ1v) is 4.46. The molecule has 0 atom stereocenters. The fourth-order valence-electron chi connectivity index (χ4n) is 0.973. The molecule has 3 N–H and O–H groups in total. The molecule has 6 heteroatoms. The molecule has 0 aliphatic carbocycles. The van der Waals surface area contributed by atoms with Crippen molar-refractivity contribution in [3.63, 3.8) is 0 Å². The molecular formula is C10H13ClF2N2O. The summed E-state index contributed by atoms with van der Waals surface area (Å²) in [4.78, 5) is 11.3. The zero-order valence-electron chi connectivity index (χ0n) is 8.45. The lowest BCUT2D eigenvalue weighted by Crippen LogP contribution is -2.41. The highest BCUT2D eigenvalue weighted by Gasteiger charge is 2.27. The minimum absolute atomic E-state index is 0. The molecule has 0 fully saturated rings. The second-order valence-electron chi connectivity index (χ2n) is 3.11. The van der Waals surface area contributed by atoms with E-state index in [9.17, 15) is 13.6 Å². The van der Waals surface area contributed by atoms with Crippen LogP contribution in [0.5, 0.6) is 0 Å². The molecular weight excluding hydrogens is 238 g/mol. The van der Waals surface area contributed by atoms with Crippen LogP contribution in [-0.4, -0.2) is 24.9 Å². The molecule has 0 bridgehead atoms. The zero-order valence-corrected chi connectivity index (χ0v) is 9.27. The summed E-state index contributed by atoms with van der Waals surface area (Å²) in [5.74, 6) is -3.58. The highest BCUT2D eigenvalue weighted by atomic mass is 35.5. The van der Waals surface area contributed by atoms with Crippen LogP contribution < -0.4 is 11.1 Å². The quantitative estimate of drug-likeness (QED) is 0.850. The van der Waals surface area contributed by atoms with E-state index in [2.05, 4.69) is 5.32 Å². The summed E-state index contributed by atoms with van der Waals surface area (Å²) in [6, 6.07) is 8.17. The number of nitrogens with one attached hydrogen (secondary N) is 1. The Morgan fingerprint density at radius 2 is 1.88 bits per heavy atom. The number of hydrogen-bond acceptors (Lipinski definition) is 2. The maximum atomic E-state index is 12.7. The first kappa shape index (κ1) is 14.8. The summed E-state index contributed by atoms with van der Waals surface area (Å²) in [6.45, 7) is -1.51. The van der Waals surface area contributed by atoms with Gasteiger partial charge in [0.05, 0.1) is 13.1 Å². The van der Waals surface area contributed by atoms with Crippen molar-refractivity contribution in [1.29, 1.82) is 0 Å². The lowest BCUT2D eigenvalue weighted by Gasteiger charge is -2.14. The first-order chi connectivity index (χ1) is 7.05. The second-order valence-corrected chi connectivity index (χ2v) is 3.11. The van der Waals surface area contributed by atoms with Crippen molar-refractivity contribution in [2.45, 2.75) is 5.92 Å². The molecule has 1 amide bonds. The summed E-state index contributed by atoms with van der Waals surface area (Å²) < 4.78 is 25.4. The van der Waals surface area contributed by atoms with Crippen LogP contribution >= 0.6 is 12.4 Å². The van der Waals surface area contributed by atoms with E-state index < -0.39 is 24.9 Å². The summed E-state index contributed by atoms with van der Waals surface area (Å²) in [7, 11) is 0. The van der Waals surface area contributed by atoms with Gasteiger partial charge in [0.1, 0.15) is 0 Å². The average Bonchev–Trinajstić information content (AvgIpc) is 2.27. The van der Waals surface area contributed by atoms with Crippen LogP contribution in [0.25, 0.3) is 0 Å². The number of carbonyl (C=O) groups is 1. The standard InChI is InChI=1S/C10H12F2N2O.ClH/c11-10(12,6-13)7-14-9(15)8-4-2-1-3-5-8;/h1-5H,6-7,13H2,(H,14,15);1H. The Morgan fingerprint density at radius 3 is 2.38 bits per heavy atom. The largest absolute Gasteiger partial charge is 0.346 e. The summed E-state index contributed by atoms with van der Waals surface area (Å²) in [5.41, 5.74) is 5.18. The number of benzene rings is 1. The van der Waals surface area contributed by atoms with Gasteiger partial charge >= 0.3 is 0 Å². The fourth-order valence-corrected chi connectivity index (χ4v) is 0.973. The van der Waals surface area contributed by atoms with Crippen LogP contribution in [0, 0.1) is 0 Å². The minimum Gasteiger partial charge on any atom is -0.346 e. The van der Waals surface area contributed by atoms with Crippen LogP contribution in [-0.2, 0) is 0 Å². The third-order valence-corrected chi connectivity index (χ3v) is 1.84. The number of halogens is 3. The topological polar surface area (TPSA) is 55.1 Å². The van der Waals surface area contributed by atoms with Crippen molar-refractivity contribution in [3.05, 3.63) is 35.9 Å². The number of carbonyl (C=O) groups excluding carboxylic acids is 1. The maximum Gasteiger partial charge on any atom is 0.277 e. The third kappa shape index (κ3) is 4.55. The predicted octanol–water partition coefficient (Wildman–Crippen LogP) is 1.43. The lowest BCUT2D eigenvalue weighted by molar-refractivity contribution is 0.0118. The van der Waals surface area contributed by atoms with E-state index in [1.54, 1.807) is 30.3 Å². The van der Waals surface area contributed by atoms with E-state index in [0.717, 1.165) is 0 Å². The van der Waals surface area contributed by atoms with Crippen molar-refractivity contribution in [1.82, 2.24) is 5.32 Å². The molecule has 1 aromatic carbocycles. The predicted molar refractivity (Wildman–Crippen MR) is 60.0 cm³/mol. The van der Waals surface area contributed by atoms with Gasteiger partial charge in [-0.2, -0.15) is 0 Å². The Kier molecular flexibility index (Phi) is 5.92. The monoisotopic (exact) mass is 250 g/mol. The molecule has 0 aliphatic rings. The number of amides is 1. The number of hydrogen-bond donors (Lipinski definition) is 2. The summed E-state index contributed by atoms with van der Waals surface area (Å²) in [5, 5.41) is 2.12. The van der Waals surface area contributed by atoms with E-state index in [4.69, 9.17) is 5.73 Å². The molecule has 0 saturated carbocycles. The van der Waals surface area contributed by atoms with E-state index in [1.165, 1.54) is 0 Å². The fraction of sp³-hybridized carbons (Fsp3) is 0.300. The minimum atomic E-state index is -3.05. The molecule has 1 rings (SSSR count). The van der Waals surface area contributed by atoms with Crippen molar-refractivity contribution in [3.8, 4) is 0 Å². The van der Waals surface area contributed by atoms with Crippen molar-refractivity contribution in [2.75, 3.05) is 13.1 Å². The van der Waals surface area contributed by atoms with Gasteiger partial charge in [-0.25, -0.2) is 8.78 Å². The lowest BCUT2D eigenvalue weighted by atomic mass is 10.2. The van der Waals surface area contributed by atoms with Crippen molar-refractivity contribution in [2.24, 2.45) is 5.73 Å². The van der Waals surface area contributed by atoms with Gasteiger partial charge in [-0.3, -0.25) is 4.79 Å². The van der Waals surface area contributed by atoms with Gasteiger partial charge in [0.2, 0.25) is 0 Å². The maximum absolute atomic E-state index is 12.7. The average molecular weight is 251 g/mol. The van der Waals surface area contributed by atoms with Crippen LogP contribution in [0.2, 0.25) is 0 Å². The Bertz CT molecular complexity index is 333. The Morgan fingerprint density at radius 1 is 1.31 bits per heavy atom. The van der Waals surface area contributed by atoms with E-state index >= 15 is 0 Å². The molecule has 0 radical (unpaired) electrons. The molecule has 3 nitrogen and oxygen atoms in total. The van der Waals surface area contributed by atoms with Gasteiger partial charge in [0.25, 0.3) is 11.8 Å². The molecule has 0 spiro atoms. The van der Waals surface area contributed by atoms with Crippen LogP contribution in [0.1, 0.15) is 10.4 Å². The number of nitrogens with two attached hydrogens (primary N) is 1. The molecule has 16 heavy (non-hydrogen) atoms. The van der Waals surface area contributed by atoms with E-state index in [0.29, 0.717) is 5.56 Å². The molecule has 0 heterocycles. The Hall–Kier alpha value is -1.20. The second kappa shape index (κ2) is 6.40. The van der Waals surface area contributed by atoms with Crippen LogP contribution in [0.3, 0.4) is 0 Å². The molecule has 0 unspecified atom stereocenters. The highest BCUT2D eigenvalue weighted by Crippen LogP contribution is 2.09. The zero-order chi connectivity index (χ0) is 11.3. The van der Waals surface area contributed by atoms with Crippen LogP contribution in [0.4, 0.5) is 8.78 Å². The van der Waals surface area contributed by atoms with Gasteiger partial charge in [-0.05, 0) is 12.1 Å². The smallest absolute Gasteiger partial charge is 0.277 e. The van der Waals surface area contributed by atoms with E-state index in [-0.39, 0.29) is 12.4 Å². The van der Waals surface area contributed by atoms with E-state index in [1.807, 2.05) is 0 Å². The number of rotatable bonds is 4. The normalized spacial score (nSPS) is 10.4. The SMILES string of the molecule is Cl.NCC(F)(F)CNC(=O)c1ccccc1. The molecule has 0 aliphatic heterocycles. The van der Waals surface area contributed by atoms with Gasteiger partial charge in [0, 0.05) is 5.56 Å². The third-order valence-electron chi connectivity index (χ3n) is 1.84. The Balaban J connectivity index is 0.00000225. The summed E-state index contributed by atoms with van der Waals surface area (Å²) >= 11 is 0. The molecule has 0 saturated heterocycles.